The van der Waals surface area contributed by atoms with Gasteiger partial charge in [0.15, 0.2) is 0 Å². The van der Waals surface area contributed by atoms with E-state index in [1.165, 1.54) is 27.1 Å². The van der Waals surface area contributed by atoms with Gasteiger partial charge in [0.25, 0.3) is 0 Å². The van der Waals surface area contributed by atoms with E-state index in [1.807, 2.05) is 12.3 Å². The molecule has 38 heavy (non-hydrogen) atoms. The average molecular weight is 552 g/mol. The lowest BCUT2D eigenvalue weighted by atomic mass is 9.85. The first-order valence-corrected chi connectivity index (χ1v) is 13.0. The minimum atomic E-state index is -5.08. The summed E-state index contributed by atoms with van der Waals surface area (Å²) in [5, 5.41) is 14.7. The van der Waals surface area contributed by atoms with Gasteiger partial charge in [-0.15, -0.1) is 11.3 Å². The van der Waals surface area contributed by atoms with Crippen LogP contribution in [0.5, 0.6) is 0 Å². The number of benzene rings is 1. The number of likely N-dealkylation sites (tertiary alicyclic amines) is 1. The Morgan fingerprint density at radius 1 is 1.08 bits per heavy atom. The van der Waals surface area contributed by atoms with Gasteiger partial charge in [-0.25, -0.2) is 14.5 Å². The fourth-order valence-electron chi connectivity index (χ4n) is 4.93. The summed E-state index contributed by atoms with van der Waals surface area (Å²) in [4.78, 5) is 41.2. The Bertz CT molecular complexity index is 1430. The van der Waals surface area contributed by atoms with Crippen LogP contribution in [-0.2, 0) is 36.3 Å². The number of thiazole rings is 1. The first-order chi connectivity index (χ1) is 17.9. The second-order valence-corrected chi connectivity index (χ2v) is 10.6. The minimum absolute atomic E-state index is 0.157. The number of carboxylic acid groups (broad SMARTS) is 1. The Morgan fingerprint density at radius 2 is 1.71 bits per heavy atom. The van der Waals surface area contributed by atoms with Gasteiger partial charge in [-0.05, 0) is 43.9 Å². The zero-order chi connectivity index (χ0) is 27.7. The van der Waals surface area contributed by atoms with Crippen molar-refractivity contribution in [3.05, 3.63) is 78.0 Å². The Balaban J connectivity index is 0.000000426. The second-order valence-electron chi connectivity index (χ2n) is 9.57. The molecule has 1 spiro atoms. The van der Waals surface area contributed by atoms with Crippen LogP contribution in [0.2, 0.25) is 0 Å². The number of halogens is 3. The molecule has 1 atom stereocenters. The SMILES string of the molecule is CCc1ccc(CN2CCC3(CCn4c3nn(Cc3csc(C)n3)c(=O)c4=O)C2)cc1.O=C(O)C(F)(F)F. The van der Waals surface area contributed by atoms with E-state index in [1.54, 1.807) is 4.57 Å². The Labute approximate surface area is 220 Å². The molecule has 2 aliphatic rings. The molecular weight excluding hydrogens is 523 g/mol. The van der Waals surface area contributed by atoms with Crippen LogP contribution in [0.25, 0.3) is 0 Å². The number of hydrogen-bond acceptors (Lipinski definition) is 7. The van der Waals surface area contributed by atoms with E-state index >= 15 is 0 Å². The summed E-state index contributed by atoms with van der Waals surface area (Å²) in [6.45, 7) is 7.65. The van der Waals surface area contributed by atoms with Crippen molar-refractivity contribution in [2.75, 3.05) is 13.1 Å². The molecule has 1 fully saturated rings. The van der Waals surface area contributed by atoms with Crippen LogP contribution in [-0.4, -0.2) is 54.6 Å². The van der Waals surface area contributed by atoms with Gasteiger partial charge in [0.1, 0.15) is 5.82 Å². The number of hydrogen-bond donors (Lipinski definition) is 1. The number of nitrogens with zero attached hydrogens (tertiary/aromatic N) is 5. The first kappa shape index (κ1) is 27.7. The maximum absolute atomic E-state index is 12.8. The number of fused-ring (bicyclic) bond motifs is 2. The van der Waals surface area contributed by atoms with Crippen LogP contribution in [0.3, 0.4) is 0 Å². The summed E-state index contributed by atoms with van der Waals surface area (Å²) in [6.07, 6.45) is -2.22. The molecule has 0 radical (unpaired) electrons. The van der Waals surface area contributed by atoms with Crippen molar-refractivity contribution in [2.45, 2.75) is 64.3 Å². The number of aryl methyl sites for hydroxylation is 2. The van der Waals surface area contributed by atoms with Gasteiger partial charge in [0.05, 0.1) is 17.2 Å². The molecule has 4 heterocycles. The van der Waals surface area contributed by atoms with E-state index in [4.69, 9.17) is 15.0 Å². The molecule has 9 nitrogen and oxygen atoms in total. The minimum Gasteiger partial charge on any atom is -0.475 e. The molecule has 5 rings (SSSR count). The average Bonchev–Trinajstić information content (AvgIpc) is 3.57. The smallest absolute Gasteiger partial charge is 0.475 e. The number of aliphatic carboxylic acids is 1. The molecule has 13 heteroatoms. The zero-order valence-electron chi connectivity index (χ0n) is 21.0. The number of aromatic nitrogens is 4. The molecule has 1 aromatic carbocycles. The van der Waals surface area contributed by atoms with E-state index in [0.717, 1.165) is 55.4 Å². The lowest BCUT2D eigenvalue weighted by Crippen LogP contribution is -2.45. The third kappa shape index (κ3) is 5.88. The normalized spacial score (nSPS) is 18.9. The molecule has 3 aromatic rings. The number of rotatable bonds is 5. The zero-order valence-corrected chi connectivity index (χ0v) is 21.8. The predicted octanol–water partition coefficient (Wildman–Crippen LogP) is 2.96. The van der Waals surface area contributed by atoms with Crippen LogP contribution >= 0.6 is 11.3 Å². The first-order valence-electron chi connectivity index (χ1n) is 12.2. The fourth-order valence-corrected chi connectivity index (χ4v) is 5.54. The van der Waals surface area contributed by atoms with Crippen LogP contribution < -0.4 is 11.1 Å². The Hall–Kier alpha value is -3.32. The number of carbonyl (C=O) groups is 1. The van der Waals surface area contributed by atoms with Crippen molar-refractivity contribution in [1.29, 1.82) is 0 Å². The van der Waals surface area contributed by atoms with Crippen LogP contribution in [0, 0.1) is 6.92 Å². The van der Waals surface area contributed by atoms with Gasteiger partial charge >= 0.3 is 23.3 Å². The third-order valence-corrected chi connectivity index (χ3v) is 7.74. The van der Waals surface area contributed by atoms with Crippen molar-refractivity contribution in [1.82, 2.24) is 24.2 Å². The lowest BCUT2D eigenvalue weighted by molar-refractivity contribution is -0.192. The summed E-state index contributed by atoms with van der Waals surface area (Å²) >= 11 is 1.54. The Kier molecular flexibility index (Phi) is 7.88. The van der Waals surface area contributed by atoms with Crippen molar-refractivity contribution >= 4 is 17.3 Å². The van der Waals surface area contributed by atoms with Crippen LogP contribution in [0.1, 0.15) is 47.4 Å². The summed E-state index contributed by atoms with van der Waals surface area (Å²) in [5.41, 5.74) is 2.26. The van der Waals surface area contributed by atoms with E-state index < -0.39 is 23.3 Å². The van der Waals surface area contributed by atoms with Gasteiger partial charge in [-0.1, -0.05) is 31.2 Å². The molecule has 0 aliphatic carbocycles. The van der Waals surface area contributed by atoms with E-state index in [9.17, 15) is 22.8 Å². The maximum Gasteiger partial charge on any atom is 0.490 e. The summed E-state index contributed by atoms with van der Waals surface area (Å²) in [7, 11) is 0. The van der Waals surface area contributed by atoms with Gasteiger partial charge in [-0.3, -0.25) is 19.1 Å². The molecule has 0 saturated carbocycles. The molecule has 2 aliphatic heterocycles. The standard InChI is InChI=1S/C23H27N5O2S.C2HF3O2/c1-3-17-4-6-18(7-5-17)12-26-10-8-23(15-26)9-11-27-20(29)21(30)28(25-22(23)27)13-19-14-31-16(2)24-19;3-2(4,5)1(6)7/h4-7,14H,3,8-13,15H2,1-2H3;(H,6,7). The summed E-state index contributed by atoms with van der Waals surface area (Å²) < 4.78 is 34.7. The van der Waals surface area contributed by atoms with E-state index in [-0.39, 0.29) is 12.0 Å². The fraction of sp³-hybridized carbons (Fsp3) is 0.480. The molecule has 1 N–H and O–H groups in total. The predicted molar refractivity (Wildman–Crippen MR) is 134 cm³/mol. The van der Waals surface area contributed by atoms with Gasteiger partial charge in [0, 0.05) is 30.4 Å². The highest BCUT2D eigenvalue weighted by atomic mass is 32.1. The number of alkyl halides is 3. The van der Waals surface area contributed by atoms with E-state index in [2.05, 4.69) is 41.1 Å². The third-order valence-electron chi connectivity index (χ3n) is 6.91. The summed E-state index contributed by atoms with van der Waals surface area (Å²) in [6, 6.07) is 8.82. The maximum atomic E-state index is 12.8. The van der Waals surface area contributed by atoms with Gasteiger partial charge in [-0.2, -0.15) is 18.3 Å². The van der Waals surface area contributed by atoms with Crippen molar-refractivity contribution in [3.8, 4) is 0 Å². The van der Waals surface area contributed by atoms with E-state index in [0.29, 0.717) is 6.54 Å². The lowest BCUT2D eigenvalue weighted by Gasteiger charge is -2.24. The molecule has 1 saturated heterocycles. The Morgan fingerprint density at radius 3 is 2.29 bits per heavy atom. The summed E-state index contributed by atoms with van der Waals surface area (Å²) in [5.74, 6) is -1.99. The van der Waals surface area contributed by atoms with Gasteiger partial charge < -0.3 is 5.11 Å². The molecule has 1 unspecified atom stereocenters. The molecule has 2 aromatic heterocycles. The second kappa shape index (κ2) is 10.8. The highest BCUT2D eigenvalue weighted by molar-refractivity contribution is 7.09. The molecule has 204 valence electrons. The largest absolute Gasteiger partial charge is 0.490 e. The highest BCUT2D eigenvalue weighted by Crippen LogP contribution is 2.40. The quantitative estimate of drug-likeness (QED) is 0.486. The topological polar surface area (TPSA) is 110 Å². The van der Waals surface area contributed by atoms with Gasteiger partial charge in [0.2, 0.25) is 0 Å². The highest BCUT2D eigenvalue weighted by Gasteiger charge is 2.47. The molecule has 0 amide bonds. The molecule has 0 bridgehead atoms. The number of carboxylic acids is 1. The van der Waals surface area contributed by atoms with Crippen LogP contribution in [0.4, 0.5) is 13.2 Å². The van der Waals surface area contributed by atoms with Crippen LogP contribution in [0.15, 0.2) is 39.2 Å². The van der Waals surface area contributed by atoms with Crippen molar-refractivity contribution in [3.63, 3.8) is 0 Å². The van der Waals surface area contributed by atoms with Crippen molar-refractivity contribution < 1.29 is 23.1 Å². The monoisotopic (exact) mass is 551 g/mol. The molecular formula is C25H28F3N5O4S. The van der Waals surface area contributed by atoms with Crippen molar-refractivity contribution in [2.24, 2.45) is 0 Å².